The molecule has 0 unspecified atom stereocenters. The van der Waals surface area contributed by atoms with Crippen LogP contribution in [0.1, 0.15) is 0 Å². The Bertz CT molecular complexity index is 749. The maximum Gasteiger partial charge on any atom is 0.414 e. The van der Waals surface area contributed by atoms with Crippen molar-refractivity contribution < 1.29 is 14.4 Å². The Hall–Kier alpha value is -2.43. The molecule has 10 nitrogen and oxygen atoms in total. The molecule has 2 aromatic rings. The molecule has 1 atom stereocenters. The van der Waals surface area contributed by atoms with Crippen LogP contribution < -0.4 is 14.4 Å². The molecule has 0 N–H and O–H groups in total. The molecule has 0 saturated heterocycles. The summed E-state index contributed by atoms with van der Waals surface area (Å²) >= 11 is 3.37. The number of aromatic nitrogens is 4. The molecule has 0 radical (unpaired) electrons. The van der Waals surface area contributed by atoms with Gasteiger partial charge < -0.3 is 24.5 Å². The average Bonchev–Trinajstić information content (AvgIpc) is 2.92. The minimum Gasteiger partial charge on any atom is -0.455 e. The van der Waals surface area contributed by atoms with E-state index in [1.807, 2.05) is 19.0 Å². The Labute approximate surface area is 139 Å². The van der Waals surface area contributed by atoms with Gasteiger partial charge in [0, 0.05) is 19.1 Å². The molecular weight excluding hydrogens is 372 g/mol. The fourth-order valence-electron chi connectivity index (χ4n) is 2.09. The quantitative estimate of drug-likeness (QED) is 0.572. The molecule has 0 aromatic carbocycles. The van der Waals surface area contributed by atoms with E-state index < -0.39 is 4.92 Å². The summed E-state index contributed by atoms with van der Waals surface area (Å²) in [5, 5.41) is 10.7. The topological polar surface area (TPSA) is 108 Å². The van der Waals surface area contributed by atoms with Gasteiger partial charge in [-0.2, -0.15) is 4.98 Å². The fraction of sp³-hybridized carbons (Fsp3) is 0.417. The SMILES string of the molecule is CN(C)c1nc(O[C@@H]2COc3nc([N+](=O)[O-])cn3C2)ncc1Br. The molecule has 1 aliphatic heterocycles. The van der Waals surface area contributed by atoms with Crippen molar-refractivity contribution in [3.05, 3.63) is 27.0 Å². The van der Waals surface area contributed by atoms with Crippen LogP contribution in [0.3, 0.4) is 0 Å². The first kappa shape index (κ1) is 15.5. The molecule has 23 heavy (non-hydrogen) atoms. The summed E-state index contributed by atoms with van der Waals surface area (Å²) < 4.78 is 13.4. The van der Waals surface area contributed by atoms with Gasteiger partial charge >= 0.3 is 17.8 Å². The van der Waals surface area contributed by atoms with Crippen LogP contribution in [-0.2, 0) is 6.54 Å². The Morgan fingerprint density at radius 3 is 3.00 bits per heavy atom. The molecule has 122 valence electrons. The third-order valence-electron chi connectivity index (χ3n) is 3.11. The molecule has 0 bridgehead atoms. The van der Waals surface area contributed by atoms with Crippen LogP contribution in [0.15, 0.2) is 16.9 Å². The van der Waals surface area contributed by atoms with Crippen LogP contribution in [0.2, 0.25) is 0 Å². The minimum absolute atomic E-state index is 0.210. The van der Waals surface area contributed by atoms with E-state index in [9.17, 15) is 10.1 Å². The highest BCUT2D eigenvalue weighted by Gasteiger charge is 2.29. The first-order valence-electron chi connectivity index (χ1n) is 6.65. The zero-order chi connectivity index (χ0) is 16.6. The van der Waals surface area contributed by atoms with E-state index in [0.29, 0.717) is 12.4 Å². The monoisotopic (exact) mass is 384 g/mol. The van der Waals surface area contributed by atoms with Crippen LogP contribution in [0.5, 0.6) is 12.0 Å². The van der Waals surface area contributed by atoms with Crippen molar-refractivity contribution in [3.63, 3.8) is 0 Å². The number of ether oxygens (including phenoxy) is 2. The molecule has 0 saturated carbocycles. The predicted molar refractivity (Wildman–Crippen MR) is 82.9 cm³/mol. The lowest BCUT2D eigenvalue weighted by Crippen LogP contribution is -2.35. The second-order valence-electron chi connectivity index (χ2n) is 5.06. The summed E-state index contributed by atoms with van der Waals surface area (Å²) in [4.78, 5) is 24.2. The van der Waals surface area contributed by atoms with Gasteiger partial charge in [0.1, 0.15) is 18.6 Å². The number of imidazole rings is 1. The standard InChI is InChI=1S/C12H13BrN6O4/c1-17(2)10-8(13)3-14-11(16-10)23-7-4-18-5-9(19(20)21)15-12(18)22-6-7/h3,5,7H,4,6H2,1-2H3/t7-/m0/s1. The van der Waals surface area contributed by atoms with Crippen LogP contribution in [-0.4, -0.2) is 51.2 Å². The fourth-order valence-corrected chi connectivity index (χ4v) is 2.64. The summed E-state index contributed by atoms with van der Waals surface area (Å²) in [7, 11) is 3.72. The second-order valence-corrected chi connectivity index (χ2v) is 5.91. The number of hydrogen-bond acceptors (Lipinski definition) is 8. The van der Waals surface area contributed by atoms with Crippen LogP contribution in [0, 0.1) is 10.1 Å². The van der Waals surface area contributed by atoms with Gasteiger partial charge in [-0.1, -0.05) is 0 Å². The van der Waals surface area contributed by atoms with Crippen LogP contribution in [0.4, 0.5) is 11.6 Å². The van der Waals surface area contributed by atoms with E-state index in [4.69, 9.17) is 9.47 Å². The molecule has 0 fully saturated rings. The molecule has 3 heterocycles. The zero-order valence-electron chi connectivity index (χ0n) is 12.3. The highest BCUT2D eigenvalue weighted by atomic mass is 79.9. The molecule has 2 aromatic heterocycles. The number of nitrogens with zero attached hydrogens (tertiary/aromatic N) is 6. The lowest BCUT2D eigenvalue weighted by Gasteiger charge is -2.22. The van der Waals surface area contributed by atoms with Crippen molar-refractivity contribution in [1.29, 1.82) is 0 Å². The third-order valence-corrected chi connectivity index (χ3v) is 3.67. The summed E-state index contributed by atoms with van der Waals surface area (Å²) in [6, 6.07) is 0.422. The maximum atomic E-state index is 10.7. The van der Waals surface area contributed by atoms with E-state index in [1.165, 1.54) is 10.8 Å². The summed E-state index contributed by atoms with van der Waals surface area (Å²) in [5.74, 6) is 0.432. The number of anilines is 1. The molecule has 3 rings (SSSR count). The number of nitro groups is 1. The normalized spacial score (nSPS) is 16.4. The predicted octanol–water partition coefficient (Wildman–Crippen LogP) is 1.25. The van der Waals surface area contributed by atoms with Gasteiger partial charge in [-0.05, 0) is 20.9 Å². The number of halogens is 1. The van der Waals surface area contributed by atoms with Gasteiger partial charge in [0.15, 0.2) is 6.10 Å². The number of hydrogen-bond donors (Lipinski definition) is 0. The van der Waals surface area contributed by atoms with Gasteiger partial charge in [-0.3, -0.25) is 4.57 Å². The second kappa shape index (κ2) is 5.99. The van der Waals surface area contributed by atoms with E-state index in [-0.39, 0.29) is 30.5 Å². The van der Waals surface area contributed by atoms with Crippen molar-refractivity contribution in [2.75, 3.05) is 25.6 Å². The third kappa shape index (κ3) is 3.18. The summed E-state index contributed by atoms with van der Waals surface area (Å²) in [6.45, 7) is 0.581. The Balaban J connectivity index is 1.74. The van der Waals surface area contributed by atoms with E-state index in [1.54, 1.807) is 6.20 Å². The molecule has 1 aliphatic rings. The van der Waals surface area contributed by atoms with E-state index in [2.05, 4.69) is 30.9 Å². The lowest BCUT2D eigenvalue weighted by atomic mass is 10.3. The number of fused-ring (bicyclic) bond motifs is 1. The van der Waals surface area contributed by atoms with Gasteiger partial charge in [-0.25, -0.2) is 4.98 Å². The molecule has 11 heteroatoms. The molecule has 0 amide bonds. The van der Waals surface area contributed by atoms with Crippen LogP contribution in [0.25, 0.3) is 0 Å². The molecule has 0 aliphatic carbocycles. The van der Waals surface area contributed by atoms with Gasteiger partial charge in [-0.15, -0.1) is 0 Å². The van der Waals surface area contributed by atoms with Gasteiger partial charge in [0.2, 0.25) is 0 Å². The average molecular weight is 385 g/mol. The first-order valence-corrected chi connectivity index (χ1v) is 7.44. The van der Waals surface area contributed by atoms with Crippen LogP contribution >= 0.6 is 15.9 Å². The highest BCUT2D eigenvalue weighted by Crippen LogP contribution is 2.25. The smallest absolute Gasteiger partial charge is 0.414 e. The van der Waals surface area contributed by atoms with Crippen molar-refractivity contribution >= 4 is 27.6 Å². The van der Waals surface area contributed by atoms with Crippen molar-refractivity contribution in [2.45, 2.75) is 12.6 Å². The summed E-state index contributed by atoms with van der Waals surface area (Å²) in [6.07, 6.45) is 2.56. The molecular formula is C12H13BrN6O4. The van der Waals surface area contributed by atoms with E-state index >= 15 is 0 Å². The zero-order valence-corrected chi connectivity index (χ0v) is 13.9. The van der Waals surface area contributed by atoms with Crippen molar-refractivity contribution in [2.24, 2.45) is 0 Å². The Morgan fingerprint density at radius 1 is 1.52 bits per heavy atom. The first-order chi connectivity index (χ1) is 10.9. The minimum atomic E-state index is -0.564. The number of rotatable bonds is 4. The Morgan fingerprint density at radius 2 is 2.30 bits per heavy atom. The largest absolute Gasteiger partial charge is 0.455 e. The Kier molecular flexibility index (Phi) is 4.03. The highest BCUT2D eigenvalue weighted by molar-refractivity contribution is 9.10. The van der Waals surface area contributed by atoms with Crippen molar-refractivity contribution in [1.82, 2.24) is 19.5 Å². The van der Waals surface area contributed by atoms with E-state index in [0.717, 1.165) is 4.47 Å². The maximum absolute atomic E-state index is 10.7. The lowest BCUT2D eigenvalue weighted by molar-refractivity contribution is -0.389. The van der Waals surface area contributed by atoms with Gasteiger partial charge in [0.25, 0.3) is 0 Å². The van der Waals surface area contributed by atoms with Gasteiger partial charge in [0.05, 0.1) is 17.2 Å². The summed E-state index contributed by atoms with van der Waals surface area (Å²) in [5.41, 5.74) is 0. The van der Waals surface area contributed by atoms with Crippen molar-refractivity contribution in [3.8, 4) is 12.0 Å². The molecule has 0 spiro atoms.